The van der Waals surface area contributed by atoms with Crippen LogP contribution in [0.25, 0.3) is 0 Å². The molecule has 0 radical (unpaired) electrons. The normalized spacial score (nSPS) is 17.8. The zero-order chi connectivity index (χ0) is 14.8. The van der Waals surface area contributed by atoms with Gasteiger partial charge in [0, 0.05) is 17.0 Å². The van der Waals surface area contributed by atoms with Crippen molar-refractivity contribution in [3.05, 3.63) is 64.2 Å². The van der Waals surface area contributed by atoms with Crippen LogP contribution in [-0.4, -0.2) is 13.7 Å². The van der Waals surface area contributed by atoms with Gasteiger partial charge in [-0.3, -0.25) is 0 Å². The second kappa shape index (κ2) is 6.08. The topological polar surface area (TPSA) is 21.3 Å². The predicted octanol–water partition coefficient (Wildman–Crippen LogP) is 4.34. The third kappa shape index (κ3) is 2.66. The summed E-state index contributed by atoms with van der Waals surface area (Å²) in [6.07, 6.45) is 1.11. The van der Waals surface area contributed by atoms with Gasteiger partial charge in [-0.05, 0) is 41.8 Å². The Balaban J connectivity index is 1.93. The molecule has 0 saturated heterocycles. The molecule has 2 nitrogen and oxygen atoms in total. The van der Waals surface area contributed by atoms with Gasteiger partial charge in [0.15, 0.2) is 0 Å². The smallest absolute Gasteiger partial charge is 0.120 e. The highest BCUT2D eigenvalue weighted by Gasteiger charge is 2.34. The molecule has 0 heterocycles. The standard InChI is InChI=1S/C18H20ClNO/c1-3-20-18(15-9-8-13(21-2)11-17(15)19)16-10-12-6-4-5-7-14(12)16/h4-9,11,16,18,20H,3,10H2,1-2H3. The first-order valence-corrected chi connectivity index (χ1v) is 7.77. The number of hydrogen-bond donors (Lipinski definition) is 1. The minimum absolute atomic E-state index is 0.253. The minimum Gasteiger partial charge on any atom is -0.497 e. The number of nitrogens with one attached hydrogen (secondary N) is 1. The Bertz CT molecular complexity index is 641. The van der Waals surface area contributed by atoms with Crippen LogP contribution >= 0.6 is 11.6 Å². The van der Waals surface area contributed by atoms with Crippen LogP contribution < -0.4 is 10.1 Å². The van der Waals surface area contributed by atoms with Gasteiger partial charge >= 0.3 is 0 Å². The average Bonchev–Trinajstić information content (AvgIpc) is 2.47. The average molecular weight is 302 g/mol. The van der Waals surface area contributed by atoms with Crippen molar-refractivity contribution in [3.8, 4) is 5.75 Å². The lowest BCUT2D eigenvalue weighted by Crippen LogP contribution is -2.33. The molecule has 0 spiro atoms. The number of benzene rings is 2. The zero-order valence-electron chi connectivity index (χ0n) is 12.4. The molecule has 0 fully saturated rings. The molecule has 3 heteroatoms. The summed E-state index contributed by atoms with van der Waals surface area (Å²) >= 11 is 6.47. The molecule has 0 aromatic heterocycles. The third-order valence-corrected chi connectivity index (χ3v) is 4.59. The largest absolute Gasteiger partial charge is 0.497 e. The molecule has 2 aromatic carbocycles. The van der Waals surface area contributed by atoms with Crippen molar-refractivity contribution in [2.24, 2.45) is 0 Å². The molecule has 2 atom stereocenters. The fourth-order valence-electron chi connectivity index (χ4n) is 3.17. The Labute approximate surface area is 131 Å². The maximum absolute atomic E-state index is 6.47. The van der Waals surface area contributed by atoms with Crippen LogP contribution in [0.5, 0.6) is 5.75 Å². The SMILES string of the molecule is CCNC(c1ccc(OC)cc1Cl)C1Cc2ccccc21. The molecule has 110 valence electrons. The first-order chi connectivity index (χ1) is 10.2. The number of methoxy groups -OCH3 is 1. The van der Waals surface area contributed by atoms with Crippen LogP contribution in [0.4, 0.5) is 0 Å². The van der Waals surface area contributed by atoms with Crippen molar-refractivity contribution in [2.75, 3.05) is 13.7 Å². The van der Waals surface area contributed by atoms with Crippen LogP contribution in [0.3, 0.4) is 0 Å². The predicted molar refractivity (Wildman–Crippen MR) is 87.3 cm³/mol. The quantitative estimate of drug-likeness (QED) is 0.887. The summed E-state index contributed by atoms with van der Waals surface area (Å²) in [7, 11) is 1.66. The summed E-state index contributed by atoms with van der Waals surface area (Å²) in [5.41, 5.74) is 4.05. The molecule has 0 amide bonds. The summed E-state index contributed by atoms with van der Waals surface area (Å²) in [4.78, 5) is 0. The van der Waals surface area contributed by atoms with Gasteiger partial charge in [-0.2, -0.15) is 0 Å². The molecule has 21 heavy (non-hydrogen) atoms. The van der Waals surface area contributed by atoms with Crippen molar-refractivity contribution in [3.63, 3.8) is 0 Å². The molecule has 0 aliphatic heterocycles. The van der Waals surface area contributed by atoms with Crippen LogP contribution in [0, 0.1) is 0 Å². The van der Waals surface area contributed by atoms with Gasteiger partial charge in [-0.25, -0.2) is 0 Å². The fraction of sp³-hybridized carbons (Fsp3) is 0.333. The number of ether oxygens (including phenoxy) is 1. The van der Waals surface area contributed by atoms with E-state index < -0.39 is 0 Å². The molecule has 1 aliphatic carbocycles. The van der Waals surface area contributed by atoms with E-state index in [1.807, 2.05) is 12.1 Å². The first-order valence-electron chi connectivity index (χ1n) is 7.39. The lowest BCUT2D eigenvalue weighted by Gasteiger charge is -2.37. The Kier molecular flexibility index (Phi) is 4.18. The number of likely N-dealkylation sites (N-methyl/N-ethyl adjacent to an activating group) is 1. The van der Waals surface area contributed by atoms with Crippen molar-refractivity contribution in [1.29, 1.82) is 0 Å². The van der Waals surface area contributed by atoms with E-state index in [1.165, 1.54) is 11.1 Å². The van der Waals surface area contributed by atoms with Crippen molar-refractivity contribution in [1.82, 2.24) is 5.32 Å². The number of rotatable bonds is 5. The van der Waals surface area contributed by atoms with Gasteiger partial charge in [0.25, 0.3) is 0 Å². The van der Waals surface area contributed by atoms with Gasteiger partial charge in [-0.15, -0.1) is 0 Å². The van der Waals surface area contributed by atoms with E-state index in [9.17, 15) is 0 Å². The van der Waals surface area contributed by atoms with Gasteiger partial charge in [0.05, 0.1) is 7.11 Å². The second-order valence-corrected chi connectivity index (χ2v) is 5.84. The highest BCUT2D eigenvalue weighted by atomic mass is 35.5. The Morgan fingerprint density at radius 1 is 1.29 bits per heavy atom. The Morgan fingerprint density at radius 2 is 2.10 bits per heavy atom. The van der Waals surface area contributed by atoms with E-state index in [-0.39, 0.29) is 6.04 Å². The van der Waals surface area contributed by atoms with E-state index >= 15 is 0 Å². The van der Waals surface area contributed by atoms with Crippen molar-refractivity contribution in [2.45, 2.75) is 25.3 Å². The van der Waals surface area contributed by atoms with Crippen LogP contribution in [0.15, 0.2) is 42.5 Å². The molecular weight excluding hydrogens is 282 g/mol. The highest BCUT2D eigenvalue weighted by Crippen LogP contribution is 2.45. The van der Waals surface area contributed by atoms with Crippen LogP contribution in [0.1, 0.15) is 35.6 Å². The van der Waals surface area contributed by atoms with E-state index in [4.69, 9.17) is 16.3 Å². The van der Waals surface area contributed by atoms with E-state index in [0.717, 1.165) is 29.3 Å². The molecule has 3 rings (SSSR count). The van der Waals surface area contributed by atoms with E-state index in [0.29, 0.717) is 5.92 Å². The summed E-state index contributed by atoms with van der Waals surface area (Å²) in [5.74, 6) is 1.29. The monoisotopic (exact) mass is 301 g/mol. The molecule has 0 saturated carbocycles. The van der Waals surface area contributed by atoms with Crippen molar-refractivity contribution < 1.29 is 4.74 Å². The number of fused-ring (bicyclic) bond motifs is 1. The van der Waals surface area contributed by atoms with Gasteiger partial charge in [-0.1, -0.05) is 48.9 Å². The lowest BCUT2D eigenvalue weighted by molar-refractivity contribution is 0.409. The van der Waals surface area contributed by atoms with Gasteiger partial charge in [0.2, 0.25) is 0 Å². The molecule has 2 aromatic rings. The highest BCUT2D eigenvalue weighted by molar-refractivity contribution is 6.31. The Hall–Kier alpha value is -1.51. The van der Waals surface area contributed by atoms with Crippen molar-refractivity contribution >= 4 is 11.6 Å². The maximum atomic E-state index is 6.47. The summed E-state index contributed by atoms with van der Waals surface area (Å²) in [6, 6.07) is 14.9. The van der Waals surface area contributed by atoms with E-state index in [1.54, 1.807) is 7.11 Å². The molecule has 0 bridgehead atoms. The molecule has 2 unspecified atom stereocenters. The van der Waals surface area contributed by atoms with Crippen LogP contribution in [0.2, 0.25) is 5.02 Å². The Morgan fingerprint density at radius 3 is 2.76 bits per heavy atom. The van der Waals surface area contributed by atoms with Gasteiger partial charge in [0.1, 0.15) is 5.75 Å². The maximum Gasteiger partial charge on any atom is 0.120 e. The summed E-state index contributed by atoms with van der Waals surface area (Å²) < 4.78 is 5.24. The number of halogens is 1. The van der Waals surface area contributed by atoms with Gasteiger partial charge < -0.3 is 10.1 Å². The summed E-state index contributed by atoms with van der Waals surface area (Å²) in [5, 5.41) is 4.36. The fourth-order valence-corrected chi connectivity index (χ4v) is 3.46. The minimum atomic E-state index is 0.253. The van der Waals surface area contributed by atoms with Crippen LogP contribution in [-0.2, 0) is 6.42 Å². The molecular formula is C18H20ClNO. The number of hydrogen-bond acceptors (Lipinski definition) is 2. The zero-order valence-corrected chi connectivity index (χ0v) is 13.2. The molecule has 1 N–H and O–H groups in total. The summed E-state index contributed by atoms with van der Waals surface area (Å²) in [6.45, 7) is 3.06. The molecule has 1 aliphatic rings. The van der Waals surface area contributed by atoms with E-state index in [2.05, 4.69) is 42.6 Å². The first kappa shape index (κ1) is 14.4. The third-order valence-electron chi connectivity index (χ3n) is 4.26. The lowest BCUT2D eigenvalue weighted by atomic mass is 9.71. The second-order valence-electron chi connectivity index (χ2n) is 5.43.